The van der Waals surface area contributed by atoms with Crippen LogP contribution < -0.4 is 21.7 Å². The van der Waals surface area contributed by atoms with Crippen LogP contribution in [0.3, 0.4) is 0 Å². The van der Waals surface area contributed by atoms with Crippen molar-refractivity contribution in [3.8, 4) is 0 Å². The molecular formula is C24H30N4O2S. The molecule has 1 aromatic heterocycles. The Labute approximate surface area is 187 Å². The van der Waals surface area contributed by atoms with Gasteiger partial charge in [-0.3, -0.25) is 4.79 Å². The summed E-state index contributed by atoms with van der Waals surface area (Å²) in [7, 11) is 0. The maximum Gasteiger partial charge on any atom is 0.312 e. The van der Waals surface area contributed by atoms with E-state index in [9.17, 15) is 9.59 Å². The highest BCUT2D eigenvalue weighted by atomic mass is 32.1. The number of benzene rings is 1. The third kappa shape index (κ3) is 4.42. The minimum Gasteiger partial charge on any atom is -0.378 e. The van der Waals surface area contributed by atoms with Gasteiger partial charge in [0, 0.05) is 10.4 Å². The molecular weight excluding hydrogens is 408 g/mol. The fraction of sp³-hybridized carbons (Fsp3) is 0.500. The van der Waals surface area contributed by atoms with Gasteiger partial charge in [-0.2, -0.15) is 0 Å². The third-order valence-corrected chi connectivity index (χ3v) is 8.22. The zero-order valence-corrected chi connectivity index (χ0v) is 18.4. The van der Waals surface area contributed by atoms with E-state index in [0.29, 0.717) is 0 Å². The maximum atomic E-state index is 12.9. The second kappa shape index (κ2) is 8.19. The number of rotatable bonds is 7. The first kappa shape index (κ1) is 20.4. The Morgan fingerprint density at radius 3 is 2.23 bits per heavy atom. The van der Waals surface area contributed by atoms with E-state index < -0.39 is 12.1 Å². The van der Waals surface area contributed by atoms with Crippen molar-refractivity contribution < 1.29 is 9.59 Å². The number of nitrogens with one attached hydrogen (secondary N) is 3. The molecule has 31 heavy (non-hydrogen) atoms. The Morgan fingerprint density at radius 1 is 1.00 bits per heavy atom. The van der Waals surface area contributed by atoms with Crippen LogP contribution in [0.4, 0.5) is 16.2 Å². The molecule has 4 bridgehead atoms. The van der Waals surface area contributed by atoms with Crippen molar-refractivity contribution in [2.24, 2.45) is 23.5 Å². The number of carbonyl (C=O) groups is 2. The molecule has 164 valence electrons. The van der Waals surface area contributed by atoms with Crippen LogP contribution in [0.1, 0.15) is 55.9 Å². The first-order valence-corrected chi connectivity index (χ1v) is 12.1. The molecule has 0 aliphatic heterocycles. The molecule has 6 nitrogen and oxygen atoms in total. The lowest BCUT2D eigenvalue weighted by atomic mass is 9.53. The summed E-state index contributed by atoms with van der Waals surface area (Å²) in [4.78, 5) is 25.2. The highest BCUT2D eigenvalue weighted by molar-refractivity contribution is 7.10. The van der Waals surface area contributed by atoms with Crippen LogP contribution in [-0.2, 0) is 4.79 Å². The van der Waals surface area contributed by atoms with Crippen LogP contribution in [-0.4, -0.2) is 17.5 Å². The predicted octanol–water partition coefficient (Wildman–Crippen LogP) is 4.87. The van der Waals surface area contributed by atoms with Crippen LogP contribution in [0.15, 0.2) is 41.8 Å². The molecule has 5 N–H and O–H groups in total. The lowest BCUT2D eigenvalue weighted by Crippen LogP contribution is -2.54. The maximum absolute atomic E-state index is 12.9. The van der Waals surface area contributed by atoms with Crippen molar-refractivity contribution in [3.63, 3.8) is 0 Å². The monoisotopic (exact) mass is 438 g/mol. The van der Waals surface area contributed by atoms with Crippen LogP contribution in [0, 0.1) is 17.8 Å². The molecule has 3 amide bonds. The van der Waals surface area contributed by atoms with E-state index in [2.05, 4.69) is 22.0 Å². The molecule has 0 radical (unpaired) electrons. The van der Waals surface area contributed by atoms with Gasteiger partial charge in [0.1, 0.15) is 0 Å². The van der Waals surface area contributed by atoms with Gasteiger partial charge in [0.15, 0.2) is 0 Å². The molecule has 4 fully saturated rings. The Kier molecular flexibility index (Phi) is 5.38. The quantitative estimate of drug-likeness (QED) is 0.497. The van der Waals surface area contributed by atoms with Gasteiger partial charge in [-0.25, -0.2) is 4.79 Å². The number of urea groups is 1. The van der Waals surface area contributed by atoms with Crippen molar-refractivity contribution in [3.05, 3.63) is 46.7 Å². The van der Waals surface area contributed by atoms with Crippen molar-refractivity contribution >= 4 is 34.6 Å². The largest absolute Gasteiger partial charge is 0.378 e. The molecule has 1 unspecified atom stereocenters. The van der Waals surface area contributed by atoms with Crippen LogP contribution >= 0.6 is 11.3 Å². The van der Waals surface area contributed by atoms with E-state index in [1.807, 2.05) is 35.7 Å². The summed E-state index contributed by atoms with van der Waals surface area (Å²) in [5.41, 5.74) is 7.29. The smallest absolute Gasteiger partial charge is 0.312 e. The highest BCUT2D eigenvalue weighted by Gasteiger charge is 2.51. The molecule has 6 rings (SSSR count). The van der Waals surface area contributed by atoms with Gasteiger partial charge in [0.25, 0.3) is 0 Å². The first-order chi connectivity index (χ1) is 15.0. The number of carbonyl (C=O) groups excluding carboxylic acids is 2. The molecule has 7 heteroatoms. The molecule has 4 aliphatic carbocycles. The van der Waals surface area contributed by atoms with E-state index in [1.165, 1.54) is 49.9 Å². The van der Waals surface area contributed by atoms with Gasteiger partial charge < -0.3 is 21.7 Å². The molecule has 1 aromatic carbocycles. The van der Waals surface area contributed by atoms with Gasteiger partial charge in [-0.1, -0.05) is 18.2 Å². The topological polar surface area (TPSA) is 96.2 Å². The van der Waals surface area contributed by atoms with E-state index in [-0.39, 0.29) is 17.9 Å². The summed E-state index contributed by atoms with van der Waals surface area (Å²) in [6.07, 6.45) is 8.05. The minimum absolute atomic E-state index is 0.134. The Hall–Kier alpha value is -2.54. The average Bonchev–Trinajstić information content (AvgIpc) is 3.22. The molecule has 4 aliphatic rings. The first-order valence-electron chi connectivity index (χ1n) is 11.2. The third-order valence-electron chi connectivity index (χ3n) is 7.23. The Balaban J connectivity index is 1.29. The van der Waals surface area contributed by atoms with Crippen LogP contribution in [0.5, 0.6) is 0 Å². The highest BCUT2D eigenvalue weighted by Crippen LogP contribution is 2.56. The second-order valence-electron chi connectivity index (χ2n) is 9.70. The van der Waals surface area contributed by atoms with Crippen molar-refractivity contribution in [2.75, 3.05) is 10.6 Å². The standard InChI is InChI=1S/C24H30N4O2S/c25-23(30)27-20(21-6-3-7-31-21)11-22(29)26-18-4-1-2-5-19(18)28-24-12-15-8-16(13-24)10-17(9-15)14-24/h1-7,15-17,20,28H,8-14H2,(H,26,29)(H3,25,27,30). The second-order valence-corrected chi connectivity index (χ2v) is 10.7. The number of amides is 3. The number of hydrogen-bond acceptors (Lipinski definition) is 4. The normalized spacial score (nSPS) is 29.4. The molecule has 1 atom stereocenters. The number of primary amides is 1. The Morgan fingerprint density at radius 2 is 1.65 bits per heavy atom. The predicted molar refractivity (Wildman–Crippen MR) is 124 cm³/mol. The zero-order valence-electron chi connectivity index (χ0n) is 17.6. The summed E-state index contributed by atoms with van der Waals surface area (Å²) in [5.74, 6) is 2.41. The average molecular weight is 439 g/mol. The number of anilines is 2. The van der Waals surface area contributed by atoms with Gasteiger partial charge >= 0.3 is 6.03 Å². The summed E-state index contributed by atoms with van der Waals surface area (Å²) in [5, 5.41) is 11.6. The van der Waals surface area contributed by atoms with E-state index in [4.69, 9.17) is 5.73 Å². The fourth-order valence-corrected chi connectivity index (χ4v) is 7.30. The van der Waals surface area contributed by atoms with E-state index >= 15 is 0 Å². The van der Waals surface area contributed by atoms with Gasteiger partial charge in [-0.05, 0) is 79.9 Å². The van der Waals surface area contributed by atoms with Crippen LogP contribution in [0.2, 0.25) is 0 Å². The van der Waals surface area contributed by atoms with Crippen molar-refractivity contribution in [2.45, 2.75) is 56.5 Å². The summed E-state index contributed by atoms with van der Waals surface area (Å²) < 4.78 is 0. The van der Waals surface area contributed by atoms with E-state index in [0.717, 1.165) is 34.0 Å². The Bertz CT molecular complexity index is 923. The van der Waals surface area contributed by atoms with Gasteiger partial charge in [0.2, 0.25) is 5.91 Å². The lowest BCUT2D eigenvalue weighted by molar-refractivity contribution is -0.116. The van der Waals surface area contributed by atoms with Crippen LogP contribution in [0.25, 0.3) is 0 Å². The molecule has 2 aromatic rings. The minimum atomic E-state index is -0.630. The number of para-hydroxylation sites is 2. The fourth-order valence-electron chi connectivity index (χ4n) is 6.52. The number of hydrogen-bond donors (Lipinski definition) is 4. The number of nitrogens with two attached hydrogens (primary N) is 1. The van der Waals surface area contributed by atoms with Crippen molar-refractivity contribution in [1.82, 2.24) is 5.32 Å². The van der Waals surface area contributed by atoms with Gasteiger partial charge in [0.05, 0.1) is 23.8 Å². The summed E-state index contributed by atoms with van der Waals surface area (Å²) in [6.45, 7) is 0. The summed E-state index contributed by atoms with van der Waals surface area (Å²) >= 11 is 1.50. The summed E-state index contributed by atoms with van der Waals surface area (Å²) in [6, 6.07) is 10.7. The van der Waals surface area contributed by atoms with Gasteiger partial charge in [-0.15, -0.1) is 11.3 Å². The SMILES string of the molecule is NC(=O)NC(CC(=O)Nc1ccccc1NC12CC3CC(CC(C3)C1)C2)c1cccs1. The molecule has 1 heterocycles. The molecule has 0 saturated heterocycles. The lowest BCUT2D eigenvalue weighted by Gasteiger charge is -2.57. The van der Waals surface area contributed by atoms with Crippen molar-refractivity contribution in [1.29, 1.82) is 0 Å². The van der Waals surface area contributed by atoms with E-state index in [1.54, 1.807) is 0 Å². The molecule has 4 saturated carbocycles. The number of thiophene rings is 1. The zero-order chi connectivity index (χ0) is 21.4. The molecule has 0 spiro atoms.